The highest BCUT2D eigenvalue weighted by atomic mass is 19.4. The first kappa shape index (κ1) is 16.7. The number of benzene rings is 2. The summed E-state index contributed by atoms with van der Waals surface area (Å²) < 4.78 is 51.2. The quantitative estimate of drug-likeness (QED) is 0.688. The number of aromatic amines is 1. The zero-order valence-electron chi connectivity index (χ0n) is 12.4. The van der Waals surface area contributed by atoms with Gasteiger partial charge >= 0.3 is 6.18 Å². The highest BCUT2D eigenvalue weighted by Gasteiger charge is 2.34. The fourth-order valence-corrected chi connectivity index (χ4v) is 2.36. The van der Waals surface area contributed by atoms with Crippen molar-refractivity contribution in [3.8, 4) is 0 Å². The number of carbonyl (C=O) groups is 1. The van der Waals surface area contributed by atoms with Gasteiger partial charge in [0.05, 0.1) is 5.56 Å². The molecule has 0 aliphatic heterocycles. The Morgan fingerprint density at radius 2 is 1.80 bits per heavy atom. The van der Waals surface area contributed by atoms with E-state index < -0.39 is 28.9 Å². The molecule has 0 saturated heterocycles. The van der Waals surface area contributed by atoms with E-state index in [1.807, 2.05) is 0 Å². The molecule has 0 aliphatic rings. The van der Waals surface area contributed by atoms with E-state index in [0.717, 1.165) is 6.07 Å². The van der Waals surface area contributed by atoms with E-state index in [0.29, 0.717) is 17.6 Å². The molecule has 3 rings (SSSR count). The first-order valence-electron chi connectivity index (χ1n) is 7.06. The van der Waals surface area contributed by atoms with Crippen LogP contribution in [0, 0.1) is 5.82 Å². The number of carbonyl (C=O) groups excluding carboxylic acids is 1. The molecule has 0 fully saturated rings. The second kappa shape index (κ2) is 6.04. The van der Waals surface area contributed by atoms with Crippen LogP contribution in [0.25, 0.3) is 10.9 Å². The lowest BCUT2D eigenvalue weighted by Gasteiger charge is -2.10. The molecule has 1 heterocycles. The van der Waals surface area contributed by atoms with Crippen molar-refractivity contribution in [3.05, 3.63) is 75.8 Å². The van der Waals surface area contributed by atoms with Gasteiger partial charge in [0.1, 0.15) is 11.4 Å². The third-order valence-electron chi connectivity index (χ3n) is 3.57. The molecule has 3 aromatic rings. The third-order valence-corrected chi connectivity index (χ3v) is 3.57. The Hall–Kier alpha value is -3.16. The molecule has 128 valence electrons. The number of alkyl halides is 3. The lowest BCUT2D eigenvalue weighted by Crippen LogP contribution is -2.22. The molecule has 8 heteroatoms. The standard InChI is InChI=1S/C17H10F4N2O2/c18-13-7-9(5-6-12(13)17(19,20)21)23-16(25)11-8-22-14-4-2-1-3-10(14)15(11)24/h1-8H,(H,22,24)(H,23,25). The van der Waals surface area contributed by atoms with E-state index in [-0.39, 0.29) is 16.6 Å². The van der Waals surface area contributed by atoms with Crippen molar-refractivity contribution in [2.45, 2.75) is 6.18 Å². The highest BCUT2D eigenvalue weighted by Crippen LogP contribution is 2.32. The number of hydrogen-bond acceptors (Lipinski definition) is 2. The number of H-pyrrole nitrogens is 1. The lowest BCUT2D eigenvalue weighted by atomic mass is 10.1. The molecular formula is C17H10F4N2O2. The van der Waals surface area contributed by atoms with E-state index >= 15 is 0 Å². The van der Waals surface area contributed by atoms with Gasteiger partial charge in [0.25, 0.3) is 5.91 Å². The molecule has 0 bridgehead atoms. The minimum absolute atomic E-state index is 0.192. The molecule has 4 nitrogen and oxygen atoms in total. The molecule has 1 amide bonds. The minimum Gasteiger partial charge on any atom is -0.360 e. The van der Waals surface area contributed by atoms with Crippen LogP contribution in [0.15, 0.2) is 53.5 Å². The number of amides is 1. The molecule has 25 heavy (non-hydrogen) atoms. The zero-order chi connectivity index (χ0) is 18.2. The predicted molar refractivity (Wildman–Crippen MR) is 83.9 cm³/mol. The Morgan fingerprint density at radius 1 is 1.08 bits per heavy atom. The summed E-state index contributed by atoms with van der Waals surface area (Å²) in [5.74, 6) is -2.37. The number of halogens is 4. The molecule has 0 saturated carbocycles. The van der Waals surface area contributed by atoms with Crippen LogP contribution in [0.2, 0.25) is 0 Å². The second-order valence-electron chi connectivity index (χ2n) is 5.22. The lowest BCUT2D eigenvalue weighted by molar-refractivity contribution is -0.139. The van der Waals surface area contributed by atoms with E-state index in [1.54, 1.807) is 18.2 Å². The van der Waals surface area contributed by atoms with Crippen LogP contribution < -0.4 is 10.7 Å². The largest absolute Gasteiger partial charge is 0.419 e. The van der Waals surface area contributed by atoms with Crippen LogP contribution in [0.5, 0.6) is 0 Å². The van der Waals surface area contributed by atoms with Gasteiger partial charge in [0.15, 0.2) is 0 Å². The van der Waals surface area contributed by atoms with Crippen molar-refractivity contribution in [1.82, 2.24) is 4.98 Å². The maximum atomic E-state index is 13.5. The SMILES string of the molecule is O=C(Nc1ccc(C(F)(F)F)c(F)c1)c1c[nH]c2ccccc2c1=O. The molecule has 0 aliphatic carbocycles. The van der Waals surface area contributed by atoms with E-state index in [1.165, 1.54) is 12.3 Å². The van der Waals surface area contributed by atoms with Gasteiger partial charge < -0.3 is 10.3 Å². The number of pyridine rings is 1. The topological polar surface area (TPSA) is 62.0 Å². The van der Waals surface area contributed by atoms with Crippen molar-refractivity contribution in [2.75, 3.05) is 5.32 Å². The van der Waals surface area contributed by atoms with Crippen LogP contribution in [0.4, 0.5) is 23.2 Å². The summed E-state index contributed by atoms with van der Waals surface area (Å²) in [7, 11) is 0. The van der Waals surface area contributed by atoms with Gasteiger partial charge in [-0.15, -0.1) is 0 Å². The Morgan fingerprint density at radius 3 is 2.48 bits per heavy atom. The van der Waals surface area contributed by atoms with Gasteiger partial charge in [-0.25, -0.2) is 4.39 Å². The average molecular weight is 350 g/mol. The van der Waals surface area contributed by atoms with E-state index in [4.69, 9.17) is 0 Å². The number of para-hydroxylation sites is 1. The van der Waals surface area contributed by atoms with Crippen LogP contribution >= 0.6 is 0 Å². The second-order valence-corrected chi connectivity index (χ2v) is 5.22. The number of hydrogen-bond donors (Lipinski definition) is 2. The van der Waals surface area contributed by atoms with Crippen molar-refractivity contribution in [2.24, 2.45) is 0 Å². The van der Waals surface area contributed by atoms with Crippen LogP contribution in [0.1, 0.15) is 15.9 Å². The fraction of sp³-hybridized carbons (Fsp3) is 0.0588. The van der Waals surface area contributed by atoms with Gasteiger partial charge in [-0.3, -0.25) is 9.59 Å². The van der Waals surface area contributed by atoms with Crippen molar-refractivity contribution in [3.63, 3.8) is 0 Å². The molecule has 2 aromatic carbocycles. The number of fused-ring (bicyclic) bond motifs is 1. The number of aromatic nitrogens is 1. The maximum absolute atomic E-state index is 13.5. The Balaban J connectivity index is 1.92. The number of anilines is 1. The first-order valence-corrected chi connectivity index (χ1v) is 7.06. The monoisotopic (exact) mass is 350 g/mol. The zero-order valence-corrected chi connectivity index (χ0v) is 12.4. The first-order chi connectivity index (χ1) is 11.8. The molecule has 1 aromatic heterocycles. The summed E-state index contributed by atoms with van der Waals surface area (Å²) in [6.45, 7) is 0. The van der Waals surface area contributed by atoms with Crippen LogP contribution in [0.3, 0.4) is 0 Å². The maximum Gasteiger partial charge on any atom is 0.419 e. The normalized spacial score (nSPS) is 11.5. The van der Waals surface area contributed by atoms with Crippen molar-refractivity contribution < 1.29 is 22.4 Å². The van der Waals surface area contributed by atoms with Gasteiger partial charge in [0.2, 0.25) is 5.43 Å². The minimum atomic E-state index is -4.83. The molecule has 0 unspecified atom stereocenters. The predicted octanol–water partition coefficient (Wildman–Crippen LogP) is 3.94. The Bertz CT molecular complexity index is 1030. The summed E-state index contributed by atoms with van der Waals surface area (Å²) in [6.07, 6.45) is -3.64. The molecular weight excluding hydrogens is 340 g/mol. The Labute approximate surface area is 138 Å². The summed E-state index contributed by atoms with van der Waals surface area (Å²) in [4.78, 5) is 27.3. The summed E-state index contributed by atoms with van der Waals surface area (Å²) in [5.41, 5.74) is -1.88. The van der Waals surface area contributed by atoms with Crippen LogP contribution in [-0.2, 0) is 6.18 Å². The fourth-order valence-electron chi connectivity index (χ4n) is 2.36. The summed E-state index contributed by atoms with van der Waals surface area (Å²) >= 11 is 0. The van der Waals surface area contributed by atoms with Gasteiger partial charge in [-0.2, -0.15) is 13.2 Å². The van der Waals surface area contributed by atoms with Gasteiger partial charge in [-0.1, -0.05) is 12.1 Å². The highest BCUT2D eigenvalue weighted by molar-refractivity contribution is 6.05. The number of rotatable bonds is 2. The summed E-state index contributed by atoms with van der Waals surface area (Å²) in [6, 6.07) is 8.52. The molecule has 2 N–H and O–H groups in total. The molecule has 0 radical (unpaired) electrons. The van der Waals surface area contributed by atoms with E-state index in [9.17, 15) is 27.2 Å². The van der Waals surface area contributed by atoms with Gasteiger partial charge in [-0.05, 0) is 30.3 Å². The van der Waals surface area contributed by atoms with Gasteiger partial charge in [0, 0.05) is 22.8 Å². The third kappa shape index (κ3) is 3.23. The molecule has 0 spiro atoms. The summed E-state index contributed by atoms with van der Waals surface area (Å²) in [5, 5.41) is 2.50. The Kier molecular flexibility index (Phi) is 4.03. The molecule has 0 atom stereocenters. The number of nitrogens with one attached hydrogen (secondary N) is 2. The smallest absolute Gasteiger partial charge is 0.360 e. The van der Waals surface area contributed by atoms with Crippen molar-refractivity contribution in [1.29, 1.82) is 0 Å². The average Bonchev–Trinajstić information content (AvgIpc) is 2.54. The van der Waals surface area contributed by atoms with E-state index in [2.05, 4.69) is 10.3 Å². The van der Waals surface area contributed by atoms with Crippen LogP contribution in [-0.4, -0.2) is 10.9 Å². The van der Waals surface area contributed by atoms with Crippen molar-refractivity contribution >= 4 is 22.5 Å².